The first-order valence-electron chi connectivity index (χ1n) is 16.5. The van der Waals surface area contributed by atoms with Crippen molar-refractivity contribution in [3.63, 3.8) is 0 Å². The van der Waals surface area contributed by atoms with E-state index in [1.165, 1.54) is 25.7 Å². The lowest BCUT2D eigenvalue weighted by Crippen LogP contribution is -2.44. The van der Waals surface area contributed by atoms with Gasteiger partial charge in [0.25, 0.3) is 5.56 Å². The van der Waals surface area contributed by atoms with Crippen LogP contribution >= 0.6 is 0 Å². The number of aromatic nitrogens is 1. The number of pyridine rings is 1. The monoisotopic (exact) mass is 619 g/mol. The maximum Gasteiger partial charge on any atom is 0.258 e. The van der Waals surface area contributed by atoms with Gasteiger partial charge in [0, 0.05) is 29.8 Å². The lowest BCUT2D eigenvalue weighted by atomic mass is 9.91. The fourth-order valence-electron chi connectivity index (χ4n) is 7.26. The molecule has 2 heterocycles. The maximum absolute atomic E-state index is 14.1. The van der Waals surface area contributed by atoms with Crippen LogP contribution in [0.15, 0.2) is 53.3 Å². The standard InChI is InChI=1S/C35H49N5O3S/c1-25-11-9-12-26(2)39(25)19-7-4-8-20-40-33-23-31(38-44(42,43)24-27-13-5-3-6-14-27)18-17-29(33)22-32(35(40)41)28-15-10-16-30(21-28)34(36)37/h10,15-18,21-23,25-27,38H,3-9,11-14,19-20,24H2,1-2H3,(H3,36,37)/t25-,26+. The van der Waals surface area contributed by atoms with E-state index in [9.17, 15) is 13.2 Å². The number of hydrogen-bond donors (Lipinski definition) is 3. The second-order valence-electron chi connectivity index (χ2n) is 13.1. The third-order valence-corrected chi connectivity index (χ3v) is 11.2. The van der Waals surface area contributed by atoms with E-state index in [1.54, 1.807) is 22.8 Å². The summed E-state index contributed by atoms with van der Waals surface area (Å²) in [4.78, 5) is 16.7. The molecule has 8 nitrogen and oxygen atoms in total. The minimum atomic E-state index is -3.51. The van der Waals surface area contributed by atoms with Crippen LogP contribution in [0.25, 0.3) is 22.0 Å². The number of sulfonamides is 1. The van der Waals surface area contributed by atoms with Crippen molar-refractivity contribution in [3.05, 3.63) is 64.4 Å². The molecule has 44 heavy (non-hydrogen) atoms. The lowest BCUT2D eigenvalue weighted by molar-refractivity contribution is 0.101. The van der Waals surface area contributed by atoms with Crippen molar-refractivity contribution in [2.75, 3.05) is 17.0 Å². The molecule has 0 radical (unpaired) electrons. The van der Waals surface area contributed by atoms with Gasteiger partial charge < -0.3 is 10.3 Å². The molecule has 1 aliphatic carbocycles. The number of nitrogens with two attached hydrogens (primary N) is 1. The number of hydrogen-bond acceptors (Lipinski definition) is 5. The quantitative estimate of drug-likeness (QED) is 0.118. The molecule has 0 bridgehead atoms. The molecule has 1 aromatic heterocycles. The van der Waals surface area contributed by atoms with E-state index in [0.717, 1.165) is 62.4 Å². The first kappa shape index (κ1) is 32.2. The highest BCUT2D eigenvalue weighted by Gasteiger charge is 2.24. The average molecular weight is 620 g/mol. The molecule has 3 aromatic rings. The van der Waals surface area contributed by atoms with Crippen LogP contribution in [0.5, 0.6) is 0 Å². The van der Waals surface area contributed by atoms with Gasteiger partial charge in [0.15, 0.2) is 0 Å². The van der Waals surface area contributed by atoms with Gasteiger partial charge in [0.05, 0.1) is 17.0 Å². The fraction of sp³-hybridized carbons (Fsp3) is 0.543. The van der Waals surface area contributed by atoms with Gasteiger partial charge in [-0.15, -0.1) is 0 Å². The molecule has 238 valence electrons. The second-order valence-corrected chi connectivity index (χ2v) is 14.9. The van der Waals surface area contributed by atoms with Crippen LogP contribution in [-0.2, 0) is 16.6 Å². The third kappa shape index (κ3) is 7.91. The molecular weight excluding hydrogens is 570 g/mol. The van der Waals surface area contributed by atoms with Gasteiger partial charge in [-0.1, -0.05) is 56.4 Å². The summed E-state index contributed by atoms with van der Waals surface area (Å²) in [5.41, 5.74) is 8.65. The Hall–Kier alpha value is -3.17. The first-order valence-corrected chi connectivity index (χ1v) is 18.1. The summed E-state index contributed by atoms with van der Waals surface area (Å²) < 4.78 is 30.8. The molecule has 9 heteroatoms. The molecule has 0 amide bonds. The Balaban J connectivity index is 1.40. The molecule has 0 spiro atoms. The molecule has 1 saturated carbocycles. The van der Waals surface area contributed by atoms with Crippen LogP contribution in [0.3, 0.4) is 0 Å². The van der Waals surface area contributed by atoms with Gasteiger partial charge >= 0.3 is 0 Å². The number of fused-ring (bicyclic) bond motifs is 1. The summed E-state index contributed by atoms with van der Waals surface area (Å²) in [6.45, 7) is 6.27. The van der Waals surface area contributed by atoms with E-state index in [2.05, 4.69) is 23.5 Å². The van der Waals surface area contributed by atoms with Gasteiger partial charge in [-0.25, -0.2) is 8.42 Å². The maximum atomic E-state index is 14.1. The molecule has 1 saturated heterocycles. The van der Waals surface area contributed by atoms with Crippen molar-refractivity contribution >= 4 is 32.4 Å². The van der Waals surface area contributed by atoms with Crippen molar-refractivity contribution < 1.29 is 8.42 Å². The number of anilines is 1. The van der Waals surface area contributed by atoms with Crippen LogP contribution in [-0.4, -0.2) is 48.1 Å². The average Bonchev–Trinajstić information content (AvgIpc) is 2.99. The largest absolute Gasteiger partial charge is 0.384 e. The highest BCUT2D eigenvalue weighted by molar-refractivity contribution is 7.92. The summed E-state index contributed by atoms with van der Waals surface area (Å²) in [6.07, 6.45) is 12.0. The van der Waals surface area contributed by atoms with Gasteiger partial charge in [0.2, 0.25) is 10.0 Å². The minimum absolute atomic E-state index is 0.0459. The van der Waals surface area contributed by atoms with Gasteiger partial charge in [0.1, 0.15) is 5.84 Å². The van der Waals surface area contributed by atoms with Gasteiger partial charge in [-0.2, -0.15) is 0 Å². The summed E-state index contributed by atoms with van der Waals surface area (Å²) in [6, 6.07) is 15.8. The Morgan fingerprint density at radius 3 is 2.36 bits per heavy atom. The Kier molecular flexibility index (Phi) is 10.5. The number of nitrogen functional groups attached to an aromatic ring is 1. The number of nitrogens with one attached hydrogen (secondary N) is 2. The normalized spacial score (nSPS) is 20.1. The van der Waals surface area contributed by atoms with Crippen LogP contribution in [0.1, 0.15) is 90.0 Å². The van der Waals surface area contributed by atoms with Gasteiger partial charge in [-0.3, -0.25) is 19.8 Å². The zero-order chi connectivity index (χ0) is 31.3. The smallest absolute Gasteiger partial charge is 0.258 e. The molecule has 0 unspecified atom stereocenters. The number of piperidine rings is 1. The highest BCUT2D eigenvalue weighted by atomic mass is 32.2. The second kappa shape index (κ2) is 14.3. The predicted molar refractivity (Wildman–Crippen MR) is 182 cm³/mol. The molecule has 2 atom stereocenters. The zero-order valence-corrected chi connectivity index (χ0v) is 27.2. The number of aryl methyl sites for hydroxylation is 1. The van der Waals surface area contributed by atoms with E-state index >= 15 is 0 Å². The van der Waals surface area contributed by atoms with Crippen molar-refractivity contribution in [2.45, 2.75) is 103 Å². The summed E-state index contributed by atoms with van der Waals surface area (Å²) in [7, 11) is -3.51. The molecule has 2 fully saturated rings. The predicted octanol–water partition coefficient (Wildman–Crippen LogP) is 6.71. The number of nitrogens with zero attached hydrogens (tertiary/aromatic N) is 2. The Bertz CT molecular complexity index is 1620. The first-order chi connectivity index (χ1) is 21.1. The fourth-order valence-corrected chi connectivity index (χ4v) is 8.78. The molecular formula is C35H49N5O3S. The van der Waals surface area contributed by atoms with Gasteiger partial charge in [-0.05, 0) is 100 Å². The van der Waals surface area contributed by atoms with Crippen molar-refractivity contribution in [3.8, 4) is 11.1 Å². The van der Waals surface area contributed by atoms with E-state index in [-0.39, 0.29) is 23.1 Å². The van der Waals surface area contributed by atoms with Crippen molar-refractivity contribution in [2.24, 2.45) is 11.7 Å². The van der Waals surface area contributed by atoms with Crippen LogP contribution in [0, 0.1) is 11.3 Å². The van der Waals surface area contributed by atoms with Crippen molar-refractivity contribution in [1.29, 1.82) is 5.41 Å². The van der Waals surface area contributed by atoms with E-state index in [1.807, 2.05) is 30.3 Å². The van der Waals surface area contributed by atoms with Crippen LogP contribution in [0.4, 0.5) is 5.69 Å². The summed E-state index contributed by atoms with van der Waals surface area (Å²) in [5.74, 6) is 0.289. The van der Waals surface area contributed by atoms with E-state index in [4.69, 9.17) is 11.1 Å². The topological polar surface area (TPSA) is 121 Å². The number of benzene rings is 2. The molecule has 4 N–H and O–H groups in total. The third-order valence-electron chi connectivity index (χ3n) is 9.71. The summed E-state index contributed by atoms with van der Waals surface area (Å²) in [5, 5.41) is 8.72. The minimum Gasteiger partial charge on any atom is -0.384 e. The van der Waals surface area contributed by atoms with E-state index in [0.29, 0.717) is 41.0 Å². The molecule has 2 aromatic carbocycles. The number of unbranched alkanes of at least 4 members (excludes halogenated alkanes) is 2. The summed E-state index contributed by atoms with van der Waals surface area (Å²) >= 11 is 0. The van der Waals surface area contributed by atoms with Crippen LogP contribution in [0.2, 0.25) is 0 Å². The number of likely N-dealkylation sites (tertiary alicyclic amines) is 1. The molecule has 5 rings (SSSR count). The van der Waals surface area contributed by atoms with Crippen molar-refractivity contribution in [1.82, 2.24) is 9.47 Å². The number of amidine groups is 1. The Morgan fingerprint density at radius 1 is 0.909 bits per heavy atom. The zero-order valence-electron chi connectivity index (χ0n) is 26.4. The molecule has 2 aliphatic rings. The SMILES string of the molecule is C[C@@H]1CCC[C@H](C)N1CCCCCn1c(=O)c(-c2cccc(C(=N)N)c2)cc2ccc(NS(=O)(=O)CC3CCCCC3)cc21. The lowest BCUT2D eigenvalue weighted by Gasteiger charge is -2.39. The highest BCUT2D eigenvalue weighted by Crippen LogP contribution is 2.28. The molecule has 1 aliphatic heterocycles. The van der Waals surface area contributed by atoms with Crippen LogP contribution < -0.4 is 16.0 Å². The number of rotatable bonds is 12. The Morgan fingerprint density at radius 2 is 1.64 bits per heavy atom. The van der Waals surface area contributed by atoms with E-state index < -0.39 is 10.0 Å². The Labute approximate surface area is 262 Å².